The first kappa shape index (κ1) is 18.4. The molecular weight excluding hydrogens is 322 g/mol. The molecule has 3 rings (SSSR count). The van der Waals surface area contributed by atoms with E-state index in [1.807, 2.05) is 4.68 Å². The summed E-state index contributed by atoms with van der Waals surface area (Å²) in [7, 11) is 0. The molecule has 1 aliphatic carbocycles. The molecule has 4 nitrogen and oxygen atoms in total. The Morgan fingerprint density at radius 1 is 1.15 bits per heavy atom. The summed E-state index contributed by atoms with van der Waals surface area (Å²) in [6, 6.07) is 8.79. The molecule has 138 valence electrons. The SMILES string of the molecule is CC(=O)N[C@@H]1C=C[C@H](c2c(C)nn(-c3ccc(C(C)(C)C)cc3)c2C)C1. The number of carbonyl (C=O) groups is 1. The van der Waals surface area contributed by atoms with Crippen LogP contribution in [0.3, 0.4) is 0 Å². The van der Waals surface area contributed by atoms with E-state index in [1.54, 1.807) is 6.92 Å². The number of rotatable bonds is 3. The maximum absolute atomic E-state index is 11.3. The largest absolute Gasteiger partial charge is 0.350 e. The summed E-state index contributed by atoms with van der Waals surface area (Å²) >= 11 is 0. The van der Waals surface area contributed by atoms with Gasteiger partial charge in [-0.1, -0.05) is 45.1 Å². The highest BCUT2D eigenvalue weighted by atomic mass is 16.1. The Kier molecular flexibility index (Phi) is 4.78. The van der Waals surface area contributed by atoms with E-state index in [4.69, 9.17) is 5.10 Å². The molecule has 0 saturated carbocycles. The first-order chi connectivity index (χ1) is 12.2. The molecule has 1 aliphatic rings. The van der Waals surface area contributed by atoms with Crippen molar-refractivity contribution in [1.82, 2.24) is 15.1 Å². The van der Waals surface area contributed by atoms with Gasteiger partial charge in [0.25, 0.3) is 0 Å². The molecule has 0 fully saturated rings. The van der Waals surface area contributed by atoms with E-state index < -0.39 is 0 Å². The van der Waals surface area contributed by atoms with Crippen LogP contribution < -0.4 is 5.32 Å². The minimum Gasteiger partial charge on any atom is -0.350 e. The van der Waals surface area contributed by atoms with Gasteiger partial charge in [-0.25, -0.2) is 4.68 Å². The Bertz CT molecular complexity index is 838. The zero-order valence-corrected chi connectivity index (χ0v) is 16.6. The molecule has 1 aromatic carbocycles. The smallest absolute Gasteiger partial charge is 0.217 e. The highest BCUT2D eigenvalue weighted by molar-refractivity contribution is 5.73. The van der Waals surface area contributed by atoms with Gasteiger partial charge >= 0.3 is 0 Å². The van der Waals surface area contributed by atoms with Crippen LogP contribution in [0.15, 0.2) is 36.4 Å². The second kappa shape index (κ2) is 6.75. The summed E-state index contributed by atoms with van der Waals surface area (Å²) in [6.07, 6.45) is 5.20. The number of allylic oxidation sites excluding steroid dienone is 1. The molecule has 0 radical (unpaired) electrons. The molecule has 1 aromatic heterocycles. The van der Waals surface area contributed by atoms with Crippen molar-refractivity contribution in [3.63, 3.8) is 0 Å². The number of aryl methyl sites for hydroxylation is 1. The molecule has 2 aromatic rings. The lowest BCUT2D eigenvalue weighted by molar-refractivity contribution is -0.119. The number of hydrogen-bond donors (Lipinski definition) is 1. The molecule has 2 atom stereocenters. The fourth-order valence-corrected chi connectivity index (χ4v) is 3.83. The van der Waals surface area contributed by atoms with Crippen molar-refractivity contribution in [2.45, 2.75) is 65.3 Å². The van der Waals surface area contributed by atoms with Crippen LogP contribution in [0.1, 0.15) is 62.5 Å². The Hall–Kier alpha value is -2.36. The third-order valence-electron chi connectivity index (χ3n) is 5.17. The van der Waals surface area contributed by atoms with Crippen molar-refractivity contribution in [2.24, 2.45) is 0 Å². The summed E-state index contributed by atoms with van der Waals surface area (Å²) in [4.78, 5) is 11.3. The molecule has 0 aliphatic heterocycles. The van der Waals surface area contributed by atoms with E-state index in [0.717, 1.165) is 17.8 Å². The fourth-order valence-electron chi connectivity index (χ4n) is 3.83. The zero-order chi connectivity index (χ0) is 19.1. The van der Waals surface area contributed by atoms with Gasteiger partial charge in [-0.05, 0) is 43.4 Å². The third-order valence-corrected chi connectivity index (χ3v) is 5.17. The van der Waals surface area contributed by atoms with E-state index in [-0.39, 0.29) is 17.4 Å². The molecule has 1 N–H and O–H groups in total. The number of carbonyl (C=O) groups excluding carboxylic acids is 1. The standard InChI is InChI=1S/C22H29N3O/c1-14-21(17-7-10-19(13-17)23-16(3)26)15(2)25(24-14)20-11-8-18(9-12-20)22(4,5)6/h7-12,17,19H,13H2,1-6H3,(H,23,26)/t17-,19+/m0/s1. The van der Waals surface area contributed by atoms with Crippen LogP contribution >= 0.6 is 0 Å². The predicted octanol–water partition coefficient (Wildman–Crippen LogP) is 4.33. The van der Waals surface area contributed by atoms with Crippen molar-refractivity contribution in [2.75, 3.05) is 0 Å². The number of nitrogens with one attached hydrogen (secondary N) is 1. The van der Waals surface area contributed by atoms with Crippen LogP contribution in [-0.4, -0.2) is 21.7 Å². The van der Waals surface area contributed by atoms with Crippen LogP contribution in [-0.2, 0) is 10.2 Å². The fraction of sp³-hybridized carbons (Fsp3) is 0.455. The lowest BCUT2D eigenvalue weighted by Crippen LogP contribution is -2.30. The highest BCUT2D eigenvalue weighted by Gasteiger charge is 2.26. The maximum atomic E-state index is 11.3. The molecule has 0 saturated heterocycles. The van der Waals surface area contributed by atoms with Crippen LogP contribution in [0.4, 0.5) is 0 Å². The van der Waals surface area contributed by atoms with Crippen molar-refractivity contribution in [1.29, 1.82) is 0 Å². The van der Waals surface area contributed by atoms with Crippen molar-refractivity contribution < 1.29 is 4.79 Å². The third kappa shape index (κ3) is 3.59. The van der Waals surface area contributed by atoms with Gasteiger partial charge in [-0.15, -0.1) is 0 Å². The van der Waals surface area contributed by atoms with Gasteiger partial charge in [0.1, 0.15) is 0 Å². The van der Waals surface area contributed by atoms with Gasteiger partial charge in [0.05, 0.1) is 11.4 Å². The monoisotopic (exact) mass is 351 g/mol. The van der Waals surface area contributed by atoms with Crippen molar-refractivity contribution in [3.8, 4) is 5.69 Å². The molecule has 1 amide bonds. The predicted molar refractivity (Wildman–Crippen MR) is 106 cm³/mol. The topological polar surface area (TPSA) is 46.9 Å². The number of hydrogen-bond acceptors (Lipinski definition) is 2. The molecule has 1 heterocycles. The second-order valence-corrected chi connectivity index (χ2v) is 8.33. The summed E-state index contributed by atoms with van der Waals surface area (Å²) < 4.78 is 2.04. The minimum absolute atomic E-state index is 0.0170. The molecule has 0 bridgehead atoms. The summed E-state index contributed by atoms with van der Waals surface area (Å²) in [6.45, 7) is 12.4. The number of benzene rings is 1. The molecule has 0 spiro atoms. The van der Waals surface area contributed by atoms with Gasteiger partial charge in [-0.2, -0.15) is 5.10 Å². The van der Waals surface area contributed by atoms with Gasteiger partial charge in [0.2, 0.25) is 5.91 Å². The molecule has 0 unspecified atom stereocenters. The quantitative estimate of drug-likeness (QED) is 0.837. The van der Waals surface area contributed by atoms with Gasteiger partial charge in [-0.3, -0.25) is 4.79 Å². The summed E-state index contributed by atoms with van der Waals surface area (Å²) in [5, 5.41) is 7.78. The average molecular weight is 351 g/mol. The van der Waals surface area contributed by atoms with E-state index in [0.29, 0.717) is 5.92 Å². The first-order valence-corrected chi connectivity index (χ1v) is 9.29. The number of amides is 1. The highest BCUT2D eigenvalue weighted by Crippen LogP contribution is 2.34. The van der Waals surface area contributed by atoms with Crippen LogP contribution in [0.5, 0.6) is 0 Å². The van der Waals surface area contributed by atoms with E-state index in [2.05, 4.69) is 76.4 Å². The normalized spacial score (nSPS) is 19.8. The summed E-state index contributed by atoms with van der Waals surface area (Å²) in [5.74, 6) is 0.317. The minimum atomic E-state index is 0.0170. The molecular formula is C22H29N3O. The van der Waals surface area contributed by atoms with Gasteiger partial charge in [0.15, 0.2) is 0 Å². The summed E-state index contributed by atoms with van der Waals surface area (Å²) in [5.41, 5.74) is 6.05. The maximum Gasteiger partial charge on any atom is 0.217 e. The lowest BCUT2D eigenvalue weighted by atomic mass is 9.87. The van der Waals surface area contributed by atoms with Crippen LogP contribution in [0.2, 0.25) is 0 Å². The van der Waals surface area contributed by atoms with Crippen molar-refractivity contribution in [3.05, 3.63) is 58.9 Å². The average Bonchev–Trinajstić information content (AvgIpc) is 3.10. The van der Waals surface area contributed by atoms with E-state index in [1.165, 1.54) is 16.8 Å². The van der Waals surface area contributed by atoms with Gasteiger partial charge in [0, 0.05) is 30.1 Å². The van der Waals surface area contributed by atoms with Crippen LogP contribution in [0.25, 0.3) is 5.69 Å². The molecule has 26 heavy (non-hydrogen) atoms. The lowest BCUT2D eigenvalue weighted by Gasteiger charge is -2.19. The second-order valence-electron chi connectivity index (χ2n) is 8.33. The Balaban J connectivity index is 1.87. The first-order valence-electron chi connectivity index (χ1n) is 9.29. The molecule has 4 heteroatoms. The van der Waals surface area contributed by atoms with E-state index in [9.17, 15) is 4.79 Å². The zero-order valence-electron chi connectivity index (χ0n) is 16.6. The van der Waals surface area contributed by atoms with E-state index >= 15 is 0 Å². The Morgan fingerprint density at radius 3 is 2.38 bits per heavy atom. The Labute approximate surface area is 156 Å². The number of aromatic nitrogens is 2. The van der Waals surface area contributed by atoms with Gasteiger partial charge < -0.3 is 5.32 Å². The van der Waals surface area contributed by atoms with Crippen molar-refractivity contribution >= 4 is 5.91 Å². The number of nitrogens with zero attached hydrogens (tertiary/aromatic N) is 2. The Morgan fingerprint density at radius 2 is 1.81 bits per heavy atom. The van der Waals surface area contributed by atoms with Crippen LogP contribution in [0, 0.1) is 13.8 Å².